The first kappa shape index (κ1) is 13.0. The second-order valence-corrected chi connectivity index (χ2v) is 5.03. The van der Waals surface area contributed by atoms with Gasteiger partial charge in [-0.2, -0.15) is 5.10 Å². The van der Waals surface area contributed by atoms with E-state index in [4.69, 9.17) is 18.0 Å². The van der Waals surface area contributed by atoms with Crippen LogP contribution in [0.5, 0.6) is 0 Å². The zero-order valence-corrected chi connectivity index (χ0v) is 12.3. The number of halogens is 1. The quantitative estimate of drug-likeness (QED) is 0.849. The van der Waals surface area contributed by atoms with E-state index in [9.17, 15) is 0 Å². The van der Waals surface area contributed by atoms with Crippen LogP contribution >= 0.6 is 28.1 Å². The summed E-state index contributed by atoms with van der Waals surface area (Å²) in [7, 11) is 0. The van der Waals surface area contributed by atoms with Crippen LogP contribution in [0.4, 0.5) is 11.4 Å². The molecule has 0 atom stereocenters. The van der Waals surface area contributed by atoms with Crippen LogP contribution in [0.25, 0.3) is 0 Å². The van der Waals surface area contributed by atoms with Gasteiger partial charge in [-0.05, 0) is 35.0 Å². The number of thiocarbonyl (C=S) groups is 1. The smallest absolute Gasteiger partial charge is 0.107 e. The molecule has 0 bridgehead atoms. The maximum Gasteiger partial charge on any atom is 0.107 e. The number of nitrogens with one attached hydrogen (secondary N) is 1. The second kappa shape index (κ2) is 5.49. The summed E-state index contributed by atoms with van der Waals surface area (Å²) < 4.78 is 2.73. The van der Waals surface area contributed by atoms with Gasteiger partial charge in [-0.25, -0.2) is 0 Å². The Bertz CT molecular complexity index is 579. The third-order valence-electron chi connectivity index (χ3n) is 2.50. The van der Waals surface area contributed by atoms with Gasteiger partial charge in [0.2, 0.25) is 0 Å². The van der Waals surface area contributed by atoms with E-state index in [2.05, 4.69) is 26.3 Å². The Balaban J connectivity index is 2.34. The zero-order chi connectivity index (χ0) is 13.1. The number of hydrogen-bond donors (Lipinski definition) is 2. The molecular weight excluding hydrogens is 312 g/mol. The minimum absolute atomic E-state index is 0.354. The van der Waals surface area contributed by atoms with Crippen molar-refractivity contribution in [1.82, 2.24) is 9.78 Å². The number of rotatable bonds is 4. The lowest BCUT2D eigenvalue weighted by Gasteiger charge is -2.11. The number of benzene rings is 1. The van der Waals surface area contributed by atoms with Crippen LogP contribution < -0.4 is 11.1 Å². The monoisotopic (exact) mass is 324 g/mol. The average Bonchev–Trinajstić information content (AvgIpc) is 2.76. The molecule has 0 aliphatic carbocycles. The number of nitrogens with two attached hydrogens (primary N) is 1. The normalized spacial score (nSPS) is 10.3. The molecule has 18 heavy (non-hydrogen) atoms. The van der Waals surface area contributed by atoms with Gasteiger partial charge in [-0.3, -0.25) is 4.68 Å². The van der Waals surface area contributed by atoms with Gasteiger partial charge in [-0.1, -0.05) is 18.3 Å². The Hall–Kier alpha value is -1.40. The van der Waals surface area contributed by atoms with Crippen molar-refractivity contribution in [2.45, 2.75) is 13.5 Å². The first-order valence-corrected chi connectivity index (χ1v) is 6.69. The SMILES string of the molecule is CCn1cc(Nc2cccc(Br)c2C(N)=S)cn1. The van der Waals surface area contributed by atoms with Crippen LogP contribution in [0, 0.1) is 0 Å². The van der Waals surface area contributed by atoms with Gasteiger partial charge >= 0.3 is 0 Å². The molecule has 94 valence electrons. The van der Waals surface area contributed by atoms with Gasteiger partial charge < -0.3 is 11.1 Å². The molecule has 0 spiro atoms. The van der Waals surface area contributed by atoms with E-state index in [1.54, 1.807) is 6.20 Å². The molecule has 3 N–H and O–H groups in total. The fourth-order valence-electron chi connectivity index (χ4n) is 1.64. The summed E-state index contributed by atoms with van der Waals surface area (Å²) in [6, 6.07) is 5.77. The fourth-order valence-corrected chi connectivity index (χ4v) is 2.57. The highest BCUT2D eigenvalue weighted by molar-refractivity contribution is 9.10. The predicted molar refractivity (Wildman–Crippen MR) is 81.2 cm³/mol. The average molecular weight is 325 g/mol. The molecule has 0 radical (unpaired) electrons. The van der Waals surface area contributed by atoms with Crippen LogP contribution in [0.15, 0.2) is 35.1 Å². The zero-order valence-electron chi connectivity index (χ0n) is 9.85. The third-order valence-corrected chi connectivity index (χ3v) is 3.36. The Labute approximate surface area is 119 Å². The standard InChI is InChI=1S/C12H13BrN4S/c1-2-17-7-8(6-15-17)16-10-5-3-4-9(13)11(10)12(14)18/h3-7,16H,2H2,1H3,(H2,14,18). The van der Waals surface area contributed by atoms with Crippen LogP contribution in [-0.4, -0.2) is 14.8 Å². The lowest BCUT2D eigenvalue weighted by atomic mass is 10.1. The number of aromatic nitrogens is 2. The summed E-state index contributed by atoms with van der Waals surface area (Å²) in [5.74, 6) is 0. The lowest BCUT2D eigenvalue weighted by Crippen LogP contribution is -2.12. The minimum atomic E-state index is 0.354. The number of anilines is 2. The van der Waals surface area contributed by atoms with Crippen LogP contribution in [0.3, 0.4) is 0 Å². The minimum Gasteiger partial charge on any atom is -0.389 e. The molecule has 0 aliphatic heterocycles. The van der Waals surface area contributed by atoms with Gasteiger partial charge in [0.15, 0.2) is 0 Å². The first-order valence-electron chi connectivity index (χ1n) is 5.49. The van der Waals surface area contributed by atoms with E-state index < -0.39 is 0 Å². The molecule has 0 saturated heterocycles. The van der Waals surface area contributed by atoms with E-state index in [1.165, 1.54) is 0 Å². The van der Waals surface area contributed by atoms with Gasteiger partial charge in [-0.15, -0.1) is 0 Å². The number of aryl methyl sites for hydroxylation is 1. The highest BCUT2D eigenvalue weighted by Gasteiger charge is 2.10. The van der Waals surface area contributed by atoms with Crippen molar-refractivity contribution in [3.8, 4) is 0 Å². The maximum atomic E-state index is 5.74. The second-order valence-electron chi connectivity index (χ2n) is 3.74. The van der Waals surface area contributed by atoms with Crippen LogP contribution in [-0.2, 0) is 6.54 Å². The number of hydrogen-bond acceptors (Lipinski definition) is 3. The molecule has 0 saturated carbocycles. The fraction of sp³-hybridized carbons (Fsp3) is 0.167. The third kappa shape index (κ3) is 2.70. The molecule has 0 aliphatic rings. The summed E-state index contributed by atoms with van der Waals surface area (Å²) in [6.07, 6.45) is 3.71. The molecule has 1 aromatic heterocycles. The van der Waals surface area contributed by atoms with Crippen molar-refractivity contribution in [3.63, 3.8) is 0 Å². The predicted octanol–water partition coefficient (Wildman–Crippen LogP) is 3.04. The van der Waals surface area contributed by atoms with E-state index in [1.807, 2.05) is 36.0 Å². The van der Waals surface area contributed by atoms with Crippen LogP contribution in [0.2, 0.25) is 0 Å². The summed E-state index contributed by atoms with van der Waals surface area (Å²) >= 11 is 8.52. The van der Waals surface area contributed by atoms with E-state index in [0.717, 1.165) is 28.0 Å². The molecule has 1 heterocycles. The molecule has 2 rings (SSSR count). The highest BCUT2D eigenvalue weighted by atomic mass is 79.9. The molecule has 0 fully saturated rings. The van der Waals surface area contributed by atoms with Crippen LogP contribution in [0.1, 0.15) is 12.5 Å². The largest absolute Gasteiger partial charge is 0.389 e. The molecule has 1 aromatic carbocycles. The Morgan fingerprint density at radius 1 is 1.56 bits per heavy atom. The molecular formula is C12H13BrN4S. The van der Waals surface area contributed by atoms with Gasteiger partial charge in [0.05, 0.1) is 11.9 Å². The van der Waals surface area contributed by atoms with E-state index in [0.29, 0.717) is 4.99 Å². The Kier molecular flexibility index (Phi) is 3.98. The summed E-state index contributed by atoms with van der Waals surface area (Å²) in [6.45, 7) is 2.87. The Morgan fingerprint density at radius 2 is 2.33 bits per heavy atom. The van der Waals surface area contributed by atoms with Crippen molar-refractivity contribution >= 4 is 44.5 Å². The van der Waals surface area contributed by atoms with Crippen molar-refractivity contribution < 1.29 is 0 Å². The van der Waals surface area contributed by atoms with Crippen molar-refractivity contribution in [2.24, 2.45) is 5.73 Å². The first-order chi connectivity index (χ1) is 8.61. The van der Waals surface area contributed by atoms with Gasteiger partial charge in [0, 0.05) is 28.5 Å². The highest BCUT2D eigenvalue weighted by Crippen LogP contribution is 2.27. The molecule has 2 aromatic rings. The molecule has 4 nitrogen and oxygen atoms in total. The summed E-state index contributed by atoms with van der Waals surface area (Å²) in [5.41, 5.74) is 8.32. The van der Waals surface area contributed by atoms with Gasteiger partial charge in [0.25, 0.3) is 0 Å². The van der Waals surface area contributed by atoms with Crippen molar-refractivity contribution in [3.05, 3.63) is 40.6 Å². The Morgan fingerprint density at radius 3 is 2.94 bits per heavy atom. The van der Waals surface area contributed by atoms with Gasteiger partial charge in [0.1, 0.15) is 4.99 Å². The van der Waals surface area contributed by atoms with Crippen molar-refractivity contribution in [2.75, 3.05) is 5.32 Å². The molecule has 6 heteroatoms. The topological polar surface area (TPSA) is 55.9 Å². The molecule has 0 unspecified atom stereocenters. The molecule has 0 amide bonds. The van der Waals surface area contributed by atoms with Crippen molar-refractivity contribution in [1.29, 1.82) is 0 Å². The lowest BCUT2D eigenvalue weighted by molar-refractivity contribution is 0.660. The summed E-state index contributed by atoms with van der Waals surface area (Å²) in [4.78, 5) is 0.354. The number of nitrogens with zero attached hydrogens (tertiary/aromatic N) is 2. The van der Waals surface area contributed by atoms with E-state index in [-0.39, 0.29) is 0 Å². The van der Waals surface area contributed by atoms with E-state index >= 15 is 0 Å². The summed E-state index contributed by atoms with van der Waals surface area (Å²) in [5, 5.41) is 7.47. The maximum absolute atomic E-state index is 5.74.